The number of hydrogen-bond donors (Lipinski definition) is 0. The summed E-state index contributed by atoms with van der Waals surface area (Å²) in [5, 5.41) is 3.36. The Hall–Kier alpha value is -1.33. The Morgan fingerprint density at radius 1 is 1.62 bits per heavy atom. The van der Waals surface area contributed by atoms with Gasteiger partial charge in [-0.05, 0) is 6.92 Å². The fourth-order valence-corrected chi connectivity index (χ4v) is 0.758. The molecule has 0 aromatic carbocycles. The zero-order valence-electron chi connectivity index (χ0n) is 6.68. The monoisotopic (exact) mass is 193 g/mol. The number of Topliss-reactive ketones (excluding diaryl/α,β-unsaturated/α-hetero) is 1. The van der Waals surface area contributed by atoms with Gasteiger partial charge in [-0.3, -0.25) is 4.79 Å². The van der Waals surface area contributed by atoms with Crippen molar-refractivity contribution in [1.29, 1.82) is 0 Å². The summed E-state index contributed by atoms with van der Waals surface area (Å²) in [5.41, 5.74) is 0.449. The van der Waals surface area contributed by atoms with Crippen molar-refractivity contribution in [2.75, 3.05) is 0 Å². The lowest BCUT2D eigenvalue weighted by atomic mass is 10.2. The zero-order chi connectivity index (χ0) is 10.1. The van der Waals surface area contributed by atoms with Gasteiger partial charge in [0.05, 0.1) is 12.1 Å². The second kappa shape index (κ2) is 3.20. The van der Waals surface area contributed by atoms with Crippen molar-refractivity contribution in [3.05, 3.63) is 17.5 Å². The molecule has 0 fully saturated rings. The predicted molar refractivity (Wildman–Crippen MR) is 36.0 cm³/mol. The van der Waals surface area contributed by atoms with Crippen LogP contribution in [0.4, 0.5) is 13.2 Å². The Morgan fingerprint density at radius 3 is 2.62 bits per heavy atom. The van der Waals surface area contributed by atoms with Gasteiger partial charge in [-0.2, -0.15) is 13.2 Å². The third kappa shape index (κ3) is 2.57. The third-order valence-corrected chi connectivity index (χ3v) is 1.33. The van der Waals surface area contributed by atoms with Crippen LogP contribution in [0.3, 0.4) is 0 Å². The molecule has 0 saturated carbocycles. The minimum Gasteiger partial charge on any atom is -0.361 e. The van der Waals surface area contributed by atoms with E-state index in [2.05, 4.69) is 9.68 Å². The average Bonchev–Trinajstić information content (AvgIpc) is 2.33. The molecule has 0 atom stereocenters. The molecular formula is C7H6F3NO2. The van der Waals surface area contributed by atoms with E-state index in [0.717, 1.165) is 0 Å². The lowest BCUT2D eigenvalue weighted by molar-refractivity contribution is -0.170. The van der Waals surface area contributed by atoms with E-state index in [0.29, 0.717) is 5.69 Å². The Labute approximate surface area is 71.5 Å². The van der Waals surface area contributed by atoms with Crippen LogP contribution in [-0.2, 0) is 11.2 Å². The van der Waals surface area contributed by atoms with E-state index < -0.39 is 18.4 Å². The molecular weight excluding hydrogens is 187 g/mol. The first-order valence-corrected chi connectivity index (χ1v) is 3.42. The number of halogens is 3. The first-order valence-electron chi connectivity index (χ1n) is 3.42. The number of rotatable bonds is 2. The molecule has 3 nitrogen and oxygen atoms in total. The maximum atomic E-state index is 11.7. The molecule has 0 aliphatic rings. The fourth-order valence-electron chi connectivity index (χ4n) is 0.758. The number of alkyl halides is 3. The summed E-state index contributed by atoms with van der Waals surface area (Å²) in [6, 6.07) is 1.30. The molecule has 1 aromatic heterocycles. The van der Waals surface area contributed by atoms with Crippen LogP contribution < -0.4 is 0 Å². The normalized spacial score (nSPS) is 11.7. The minimum absolute atomic E-state index is 0.0696. The number of carbonyl (C=O) groups is 1. The predicted octanol–water partition coefficient (Wildman–Crippen LogP) is 1.66. The van der Waals surface area contributed by atoms with Gasteiger partial charge >= 0.3 is 6.18 Å². The maximum Gasteiger partial charge on any atom is 0.450 e. The molecule has 0 aliphatic heterocycles. The molecule has 0 amide bonds. The lowest BCUT2D eigenvalue weighted by Crippen LogP contribution is -2.24. The summed E-state index contributed by atoms with van der Waals surface area (Å²) in [6.07, 6.45) is -5.59. The van der Waals surface area contributed by atoms with Gasteiger partial charge < -0.3 is 4.52 Å². The molecule has 0 aliphatic carbocycles. The van der Waals surface area contributed by atoms with Gasteiger partial charge in [-0.1, -0.05) is 5.16 Å². The van der Waals surface area contributed by atoms with E-state index in [4.69, 9.17) is 0 Å². The van der Waals surface area contributed by atoms with E-state index in [9.17, 15) is 18.0 Å². The second-order valence-corrected chi connectivity index (χ2v) is 2.53. The average molecular weight is 193 g/mol. The quantitative estimate of drug-likeness (QED) is 0.717. The Morgan fingerprint density at radius 2 is 2.23 bits per heavy atom. The highest BCUT2D eigenvalue weighted by molar-refractivity contribution is 5.85. The van der Waals surface area contributed by atoms with Gasteiger partial charge in [-0.15, -0.1) is 0 Å². The van der Waals surface area contributed by atoms with Crippen molar-refractivity contribution in [2.45, 2.75) is 19.5 Å². The van der Waals surface area contributed by atoms with Gasteiger partial charge in [0.15, 0.2) is 0 Å². The number of aromatic nitrogens is 1. The smallest absolute Gasteiger partial charge is 0.361 e. The van der Waals surface area contributed by atoms with E-state index in [1.165, 1.54) is 6.07 Å². The van der Waals surface area contributed by atoms with Crippen LogP contribution in [0.1, 0.15) is 11.5 Å². The molecule has 0 saturated heterocycles. The van der Waals surface area contributed by atoms with Gasteiger partial charge in [0.2, 0.25) is 5.78 Å². The Bertz CT molecular complexity index is 316. The fraction of sp³-hybridized carbons (Fsp3) is 0.429. The summed E-state index contributed by atoms with van der Waals surface area (Å²) in [7, 11) is 0. The van der Waals surface area contributed by atoms with Crippen LogP contribution in [0, 0.1) is 6.92 Å². The van der Waals surface area contributed by atoms with Crippen LogP contribution in [0.15, 0.2) is 10.6 Å². The van der Waals surface area contributed by atoms with Gasteiger partial charge in [0.1, 0.15) is 5.76 Å². The van der Waals surface area contributed by atoms with Crippen LogP contribution in [0.5, 0.6) is 0 Å². The topological polar surface area (TPSA) is 43.1 Å². The zero-order valence-corrected chi connectivity index (χ0v) is 6.68. The van der Waals surface area contributed by atoms with Crippen LogP contribution in [0.25, 0.3) is 0 Å². The molecule has 0 radical (unpaired) electrons. The van der Waals surface area contributed by atoms with Crippen LogP contribution in [0.2, 0.25) is 0 Å². The first-order chi connectivity index (χ1) is 5.89. The molecule has 72 valence electrons. The molecule has 0 spiro atoms. The van der Waals surface area contributed by atoms with Gasteiger partial charge in [0.25, 0.3) is 0 Å². The van der Waals surface area contributed by atoms with E-state index in [1.807, 2.05) is 0 Å². The maximum absolute atomic E-state index is 11.7. The summed E-state index contributed by atoms with van der Waals surface area (Å²) in [5.74, 6) is -1.90. The molecule has 13 heavy (non-hydrogen) atoms. The van der Waals surface area contributed by atoms with Crippen molar-refractivity contribution in [3.8, 4) is 0 Å². The highest BCUT2D eigenvalue weighted by atomic mass is 19.4. The molecule has 1 aromatic rings. The van der Waals surface area contributed by atoms with Gasteiger partial charge in [-0.25, -0.2) is 0 Å². The summed E-state index contributed by atoms with van der Waals surface area (Å²) >= 11 is 0. The standard InChI is InChI=1S/C7H6F3NO2/c1-4-2-5(13-11-4)3-6(12)7(8,9)10/h2H,3H2,1H3. The van der Waals surface area contributed by atoms with E-state index in [1.54, 1.807) is 6.92 Å². The van der Waals surface area contributed by atoms with E-state index in [-0.39, 0.29) is 5.76 Å². The van der Waals surface area contributed by atoms with E-state index >= 15 is 0 Å². The molecule has 0 N–H and O–H groups in total. The molecule has 1 rings (SSSR count). The number of hydrogen-bond acceptors (Lipinski definition) is 3. The molecule has 0 bridgehead atoms. The van der Waals surface area contributed by atoms with Crippen molar-refractivity contribution in [1.82, 2.24) is 5.16 Å². The van der Waals surface area contributed by atoms with Crippen molar-refractivity contribution < 1.29 is 22.5 Å². The van der Waals surface area contributed by atoms with Gasteiger partial charge in [0, 0.05) is 6.07 Å². The largest absolute Gasteiger partial charge is 0.450 e. The number of nitrogens with zero attached hydrogens (tertiary/aromatic N) is 1. The van der Waals surface area contributed by atoms with Crippen LogP contribution in [-0.4, -0.2) is 17.1 Å². The molecule has 6 heteroatoms. The highest BCUT2D eigenvalue weighted by Crippen LogP contribution is 2.18. The number of ketones is 1. The lowest BCUT2D eigenvalue weighted by Gasteiger charge is -2.01. The minimum atomic E-state index is -4.80. The SMILES string of the molecule is Cc1cc(CC(=O)C(F)(F)F)on1. The summed E-state index contributed by atoms with van der Waals surface area (Å²) in [4.78, 5) is 10.4. The second-order valence-electron chi connectivity index (χ2n) is 2.53. The third-order valence-electron chi connectivity index (χ3n) is 1.33. The summed E-state index contributed by atoms with van der Waals surface area (Å²) in [6.45, 7) is 1.56. The van der Waals surface area contributed by atoms with Crippen molar-refractivity contribution >= 4 is 5.78 Å². The first kappa shape index (κ1) is 9.76. The summed E-state index contributed by atoms with van der Waals surface area (Å²) < 4.78 is 39.6. The Balaban J connectivity index is 2.65. The number of carbonyl (C=O) groups excluding carboxylic acids is 1. The van der Waals surface area contributed by atoms with Crippen molar-refractivity contribution in [3.63, 3.8) is 0 Å². The van der Waals surface area contributed by atoms with Crippen LogP contribution >= 0.6 is 0 Å². The highest BCUT2D eigenvalue weighted by Gasteiger charge is 2.38. The molecule has 1 heterocycles. The number of aryl methyl sites for hydroxylation is 1. The van der Waals surface area contributed by atoms with Crippen molar-refractivity contribution in [2.24, 2.45) is 0 Å². The Kier molecular flexibility index (Phi) is 2.40. The molecule has 0 unspecified atom stereocenters.